The molecule has 0 saturated carbocycles. The van der Waals surface area contributed by atoms with Crippen molar-refractivity contribution < 1.29 is 4.74 Å². The number of hydrogen-bond acceptors (Lipinski definition) is 3. The van der Waals surface area contributed by atoms with Crippen LogP contribution in [0.3, 0.4) is 0 Å². The van der Waals surface area contributed by atoms with Crippen molar-refractivity contribution >= 4 is 0 Å². The average Bonchev–Trinajstić information content (AvgIpc) is 2.54. The molecule has 3 heteroatoms. The van der Waals surface area contributed by atoms with E-state index in [1.54, 1.807) is 0 Å². The number of morpholine rings is 1. The SMILES string of the molecule is CCc1ccc(C(N)C(C)(CC)N2CCOCC2)cc1. The largest absolute Gasteiger partial charge is 0.379 e. The van der Waals surface area contributed by atoms with Gasteiger partial charge in [0.2, 0.25) is 0 Å². The van der Waals surface area contributed by atoms with Gasteiger partial charge in [0, 0.05) is 24.7 Å². The maximum Gasteiger partial charge on any atom is 0.0594 e. The zero-order chi connectivity index (χ0) is 14.6. The molecule has 2 N–H and O–H groups in total. The van der Waals surface area contributed by atoms with E-state index in [0.29, 0.717) is 0 Å². The summed E-state index contributed by atoms with van der Waals surface area (Å²) in [5, 5.41) is 0. The normalized spacial score (nSPS) is 21.4. The lowest BCUT2D eigenvalue weighted by atomic mass is 9.83. The summed E-state index contributed by atoms with van der Waals surface area (Å²) in [6.07, 6.45) is 2.12. The van der Waals surface area contributed by atoms with Gasteiger partial charge in [0.1, 0.15) is 0 Å². The second kappa shape index (κ2) is 6.70. The zero-order valence-electron chi connectivity index (χ0n) is 13.1. The van der Waals surface area contributed by atoms with E-state index in [0.717, 1.165) is 39.1 Å². The minimum absolute atomic E-state index is 0.00247. The molecule has 0 radical (unpaired) electrons. The summed E-state index contributed by atoms with van der Waals surface area (Å²) in [4.78, 5) is 2.49. The quantitative estimate of drug-likeness (QED) is 0.898. The molecule has 0 aliphatic carbocycles. The molecule has 2 unspecified atom stereocenters. The van der Waals surface area contributed by atoms with Crippen LogP contribution >= 0.6 is 0 Å². The molecule has 1 saturated heterocycles. The molecular weight excluding hydrogens is 248 g/mol. The van der Waals surface area contributed by atoms with Gasteiger partial charge in [-0.3, -0.25) is 4.90 Å². The van der Waals surface area contributed by atoms with Crippen molar-refractivity contribution in [2.45, 2.75) is 45.2 Å². The Bertz CT molecular complexity index is 412. The van der Waals surface area contributed by atoms with E-state index in [9.17, 15) is 0 Å². The van der Waals surface area contributed by atoms with Gasteiger partial charge in [0.05, 0.1) is 13.2 Å². The van der Waals surface area contributed by atoms with Crippen LogP contribution in [0.4, 0.5) is 0 Å². The Kier molecular flexibility index (Phi) is 5.19. The lowest BCUT2D eigenvalue weighted by molar-refractivity contribution is -0.0277. The molecule has 1 heterocycles. The fraction of sp³-hybridized carbons (Fsp3) is 0.647. The first-order chi connectivity index (χ1) is 9.61. The number of aryl methyl sites for hydroxylation is 1. The zero-order valence-corrected chi connectivity index (χ0v) is 13.1. The molecule has 0 bridgehead atoms. The summed E-state index contributed by atoms with van der Waals surface area (Å²) in [7, 11) is 0. The first kappa shape index (κ1) is 15.5. The van der Waals surface area contributed by atoms with Gasteiger partial charge in [0.15, 0.2) is 0 Å². The summed E-state index contributed by atoms with van der Waals surface area (Å²) in [6.45, 7) is 10.3. The first-order valence-corrected chi connectivity index (χ1v) is 7.79. The molecule has 0 spiro atoms. The smallest absolute Gasteiger partial charge is 0.0594 e. The van der Waals surface area contributed by atoms with E-state index >= 15 is 0 Å². The van der Waals surface area contributed by atoms with Crippen LogP contribution in [0, 0.1) is 0 Å². The molecule has 2 rings (SSSR count). The number of hydrogen-bond donors (Lipinski definition) is 1. The number of ether oxygens (including phenoxy) is 1. The lowest BCUT2D eigenvalue weighted by Crippen LogP contribution is -2.56. The van der Waals surface area contributed by atoms with Crippen LogP contribution in [0.15, 0.2) is 24.3 Å². The highest BCUT2D eigenvalue weighted by Crippen LogP contribution is 2.33. The van der Waals surface area contributed by atoms with Crippen LogP contribution in [-0.2, 0) is 11.2 Å². The van der Waals surface area contributed by atoms with E-state index in [1.807, 2.05) is 0 Å². The number of nitrogens with two attached hydrogens (primary N) is 1. The van der Waals surface area contributed by atoms with Crippen LogP contribution < -0.4 is 5.73 Å². The van der Waals surface area contributed by atoms with E-state index in [1.165, 1.54) is 11.1 Å². The maximum absolute atomic E-state index is 6.62. The minimum Gasteiger partial charge on any atom is -0.379 e. The van der Waals surface area contributed by atoms with Crippen molar-refractivity contribution in [1.82, 2.24) is 4.90 Å². The van der Waals surface area contributed by atoms with Gasteiger partial charge in [0.25, 0.3) is 0 Å². The Morgan fingerprint density at radius 2 is 1.80 bits per heavy atom. The second-order valence-electron chi connectivity index (χ2n) is 5.88. The van der Waals surface area contributed by atoms with Gasteiger partial charge < -0.3 is 10.5 Å². The molecule has 2 atom stereocenters. The van der Waals surface area contributed by atoms with E-state index < -0.39 is 0 Å². The molecule has 1 aliphatic rings. The maximum atomic E-state index is 6.62. The lowest BCUT2D eigenvalue weighted by Gasteiger charge is -2.46. The van der Waals surface area contributed by atoms with E-state index in [-0.39, 0.29) is 11.6 Å². The fourth-order valence-electron chi connectivity index (χ4n) is 3.03. The van der Waals surface area contributed by atoms with Gasteiger partial charge in [-0.2, -0.15) is 0 Å². The summed E-state index contributed by atoms with van der Waals surface area (Å²) >= 11 is 0. The van der Waals surface area contributed by atoms with Crippen molar-refractivity contribution in [2.75, 3.05) is 26.3 Å². The summed E-state index contributed by atoms with van der Waals surface area (Å²) in [6, 6.07) is 8.82. The third-order valence-electron chi connectivity index (χ3n) is 4.87. The van der Waals surface area contributed by atoms with Crippen molar-refractivity contribution in [1.29, 1.82) is 0 Å². The van der Waals surface area contributed by atoms with Crippen molar-refractivity contribution in [2.24, 2.45) is 5.73 Å². The number of rotatable bonds is 5. The summed E-state index contributed by atoms with van der Waals surface area (Å²) in [5.74, 6) is 0. The Morgan fingerprint density at radius 1 is 1.20 bits per heavy atom. The molecule has 0 aromatic heterocycles. The van der Waals surface area contributed by atoms with Crippen molar-refractivity contribution in [3.63, 3.8) is 0 Å². The second-order valence-corrected chi connectivity index (χ2v) is 5.88. The van der Waals surface area contributed by atoms with Crippen LogP contribution in [0.1, 0.15) is 44.4 Å². The minimum atomic E-state index is -0.00247. The monoisotopic (exact) mass is 276 g/mol. The number of benzene rings is 1. The van der Waals surface area contributed by atoms with Crippen molar-refractivity contribution in [3.8, 4) is 0 Å². The molecule has 0 amide bonds. The molecule has 3 nitrogen and oxygen atoms in total. The van der Waals surface area contributed by atoms with Crippen LogP contribution in [0.25, 0.3) is 0 Å². The molecule has 1 aromatic carbocycles. The van der Waals surface area contributed by atoms with Gasteiger partial charge in [-0.1, -0.05) is 38.1 Å². The van der Waals surface area contributed by atoms with E-state index in [2.05, 4.69) is 49.9 Å². The molecule has 1 aromatic rings. The average molecular weight is 276 g/mol. The van der Waals surface area contributed by atoms with Crippen molar-refractivity contribution in [3.05, 3.63) is 35.4 Å². The molecule has 20 heavy (non-hydrogen) atoms. The van der Waals surface area contributed by atoms with Crippen LogP contribution in [0.2, 0.25) is 0 Å². The highest BCUT2D eigenvalue weighted by molar-refractivity contribution is 5.27. The summed E-state index contributed by atoms with van der Waals surface area (Å²) < 4.78 is 5.47. The molecule has 1 fully saturated rings. The first-order valence-electron chi connectivity index (χ1n) is 7.79. The Hall–Kier alpha value is -0.900. The van der Waals surface area contributed by atoms with Crippen LogP contribution in [-0.4, -0.2) is 36.7 Å². The van der Waals surface area contributed by atoms with Gasteiger partial charge in [-0.25, -0.2) is 0 Å². The van der Waals surface area contributed by atoms with Gasteiger partial charge in [-0.15, -0.1) is 0 Å². The standard InChI is InChI=1S/C17H28N2O/c1-4-14-6-8-15(9-7-14)16(18)17(3,5-2)19-10-12-20-13-11-19/h6-9,16H,4-5,10-13,18H2,1-3H3. The Morgan fingerprint density at radius 3 is 2.30 bits per heavy atom. The van der Waals surface area contributed by atoms with E-state index in [4.69, 9.17) is 10.5 Å². The molecular formula is C17H28N2O. The van der Waals surface area contributed by atoms with Gasteiger partial charge >= 0.3 is 0 Å². The third kappa shape index (κ3) is 3.05. The van der Waals surface area contributed by atoms with Gasteiger partial charge in [-0.05, 0) is 30.9 Å². The fourth-order valence-corrected chi connectivity index (χ4v) is 3.03. The Labute approximate surface area is 123 Å². The molecule has 1 aliphatic heterocycles. The highest BCUT2D eigenvalue weighted by atomic mass is 16.5. The molecule has 112 valence electrons. The highest BCUT2D eigenvalue weighted by Gasteiger charge is 2.37. The Balaban J connectivity index is 2.19. The topological polar surface area (TPSA) is 38.5 Å². The summed E-state index contributed by atoms with van der Waals surface area (Å²) in [5.41, 5.74) is 9.22. The predicted molar refractivity (Wildman–Crippen MR) is 83.8 cm³/mol. The van der Waals surface area contributed by atoms with Crippen LogP contribution in [0.5, 0.6) is 0 Å². The third-order valence-corrected chi connectivity index (χ3v) is 4.87. The predicted octanol–water partition coefficient (Wildman–Crippen LogP) is 2.75. The number of nitrogens with zero attached hydrogens (tertiary/aromatic N) is 1.